The van der Waals surface area contributed by atoms with Gasteiger partial charge in [0.2, 0.25) is 0 Å². The van der Waals surface area contributed by atoms with Gasteiger partial charge in [-0.1, -0.05) is 180 Å². The van der Waals surface area contributed by atoms with Gasteiger partial charge in [0, 0.05) is 43.7 Å². The standard InChI is InChI=1S/C63H58N2O2Si2/c1-38(2)52-36-56(64(40-24-28-42(29-25-40)68(5)6)54-20-14-18-48-44-16-10-12-22-58(44)66-62(48)54)50-34-32-47-53(39(3)4)37-57(51-35-33-46(52)60(50)61(47)51)65(41-26-30-43(31-27-41)69(7,8)9)55-21-15-19-49-45-17-11-13-23-59(45)67-63(49)55/h10-39,68H,1-9H3. The maximum atomic E-state index is 6.88. The molecule has 0 bridgehead atoms. The molecule has 69 heavy (non-hydrogen) atoms. The van der Waals surface area contributed by atoms with Gasteiger partial charge in [-0.25, -0.2) is 0 Å². The summed E-state index contributed by atoms with van der Waals surface area (Å²) in [4.78, 5) is 4.96. The van der Waals surface area contributed by atoms with Crippen LogP contribution in [0.25, 0.3) is 76.2 Å². The van der Waals surface area contributed by atoms with E-state index in [9.17, 15) is 0 Å². The van der Waals surface area contributed by atoms with Crippen molar-refractivity contribution in [2.75, 3.05) is 9.80 Å². The number of anilines is 6. The zero-order chi connectivity index (χ0) is 47.5. The van der Waals surface area contributed by atoms with Crippen molar-refractivity contribution >= 4 is 138 Å². The molecule has 340 valence electrons. The molecule has 2 aromatic heterocycles. The summed E-state index contributed by atoms with van der Waals surface area (Å²) in [5.74, 6) is 0.503. The Bertz CT molecular complexity index is 3930. The predicted octanol–water partition coefficient (Wildman–Crippen LogP) is 17.8. The summed E-state index contributed by atoms with van der Waals surface area (Å²) in [5.41, 5.74) is 12.8. The fourth-order valence-corrected chi connectivity index (χ4v) is 13.2. The van der Waals surface area contributed by atoms with Crippen LogP contribution >= 0.6 is 0 Å². The second-order valence-electron chi connectivity index (χ2n) is 21.1. The Labute approximate surface area is 407 Å². The Morgan fingerprint density at radius 1 is 0.406 bits per heavy atom. The fourth-order valence-electron chi connectivity index (χ4n) is 11.1. The number of furan rings is 2. The summed E-state index contributed by atoms with van der Waals surface area (Å²) in [6, 6.07) is 63.4. The maximum absolute atomic E-state index is 6.88. The minimum atomic E-state index is -1.58. The van der Waals surface area contributed by atoms with E-state index in [4.69, 9.17) is 8.83 Å². The molecule has 0 spiro atoms. The minimum absolute atomic E-state index is 0.251. The van der Waals surface area contributed by atoms with E-state index in [-0.39, 0.29) is 11.8 Å². The molecule has 12 aromatic rings. The molecule has 0 N–H and O–H groups in total. The number of benzene rings is 10. The lowest BCUT2D eigenvalue weighted by atomic mass is 9.84. The summed E-state index contributed by atoms with van der Waals surface area (Å²) in [6.45, 7) is 21.4. The first-order valence-corrected chi connectivity index (χ1v) is 31.1. The summed E-state index contributed by atoms with van der Waals surface area (Å²) in [6.07, 6.45) is 0. The molecule has 0 saturated carbocycles. The molecule has 0 amide bonds. The van der Waals surface area contributed by atoms with Crippen LogP contribution < -0.4 is 20.2 Å². The van der Waals surface area contributed by atoms with Crippen molar-refractivity contribution in [3.05, 3.63) is 181 Å². The molecular weight excluding hydrogens is 873 g/mol. The highest BCUT2D eigenvalue weighted by Crippen LogP contribution is 2.53. The number of hydrogen-bond acceptors (Lipinski definition) is 4. The SMILES string of the molecule is CC(C)c1cc(N(c2ccc([SiH](C)C)cc2)c2cccc3c2oc2ccccc23)c2ccc3c(C(C)C)cc(N(c4ccc([Si](C)(C)C)cc4)c4cccc5c4oc4ccccc45)c4ccc1c2c34. The Morgan fingerprint density at radius 2 is 0.812 bits per heavy atom. The van der Waals surface area contributed by atoms with E-state index in [0.29, 0.717) is 0 Å². The molecule has 10 aromatic carbocycles. The van der Waals surface area contributed by atoms with Crippen molar-refractivity contribution < 1.29 is 8.83 Å². The number of para-hydroxylation sites is 4. The van der Waals surface area contributed by atoms with Gasteiger partial charge in [-0.2, -0.15) is 0 Å². The highest BCUT2D eigenvalue weighted by molar-refractivity contribution is 6.88. The van der Waals surface area contributed by atoms with Crippen LogP contribution in [-0.4, -0.2) is 16.9 Å². The maximum Gasteiger partial charge on any atom is 0.159 e. The highest BCUT2D eigenvalue weighted by Gasteiger charge is 2.29. The van der Waals surface area contributed by atoms with Crippen LogP contribution in [0.5, 0.6) is 0 Å². The van der Waals surface area contributed by atoms with Gasteiger partial charge in [-0.15, -0.1) is 0 Å². The molecule has 4 nitrogen and oxygen atoms in total. The van der Waals surface area contributed by atoms with E-state index in [0.717, 1.165) is 78.0 Å². The van der Waals surface area contributed by atoms with Crippen LogP contribution in [0, 0.1) is 0 Å². The Kier molecular flexibility index (Phi) is 10.2. The van der Waals surface area contributed by atoms with Crippen LogP contribution in [-0.2, 0) is 0 Å². The topological polar surface area (TPSA) is 32.8 Å². The van der Waals surface area contributed by atoms with Gasteiger partial charge in [0.25, 0.3) is 0 Å². The molecular formula is C63H58N2O2Si2. The zero-order valence-electron chi connectivity index (χ0n) is 41.1. The molecule has 0 atom stereocenters. The number of nitrogens with zero attached hydrogens (tertiary/aromatic N) is 2. The van der Waals surface area contributed by atoms with Gasteiger partial charge in [0.05, 0.1) is 39.6 Å². The van der Waals surface area contributed by atoms with Gasteiger partial charge >= 0.3 is 0 Å². The van der Waals surface area contributed by atoms with E-state index in [1.807, 2.05) is 0 Å². The lowest BCUT2D eigenvalue weighted by Gasteiger charge is -2.32. The van der Waals surface area contributed by atoms with Crippen molar-refractivity contribution in [1.29, 1.82) is 0 Å². The van der Waals surface area contributed by atoms with Crippen LogP contribution in [0.2, 0.25) is 32.7 Å². The van der Waals surface area contributed by atoms with Crippen LogP contribution in [0.1, 0.15) is 50.7 Å². The molecule has 0 aliphatic rings. The third-order valence-corrected chi connectivity index (χ3v) is 18.5. The normalized spacial score (nSPS) is 12.5. The molecule has 0 radical (unpaired) electrons. The zero-order valence-corrected chi connectivity index (χ0v) is 43.3. The van der Waals surface area contributed by atoms with Gasteiger partial charge in [0.1, 0.15) is 11.2 Å². The fraction of sp³-hybridized carbons (Fsp3) is 0.175. The molecule has 0 aliphatic heterocycles. The molecule has 0 fully saturated rings. The minimum Gasteiger partial charge on any atom is -0.454 e. The van der Waals surface area contributed by atoms with Gasteiger partial charge < -0.3 is 18.6 Å². The Balaban J connectivity index is 1.20. The summed E-state index contributed by atoms with van der Waals surface area (Å²) >= 11 is 0. The molecule has 0 saturated heterocycles. The van der Waals surface area contributed by atoms with Crippen LogP contribution in [0.3, 0.4) is 0 Å². The third kappa shape index (κ3) is 6.90. The lowest BCUT2D eigenvalue weighted by Crippen LogP contribution is -2.37. The summed E-state index contributed by atoms with van der Waals surface area (Å²) < 4.78 is 13.8. The second kappa shape index (κ2) is 16.3. The predicted molar refractivity (Wildman–Crippen MR) is 304 cm³/mol. The average Bonchev–Trinajstić information content (AvgIpc) is 3.93. The van der Waals surface area contributed by atoms with Crippen LogP contribution in [0.4, 0.5) is 34.1 Å². The summed E-state index contributed by atoms with van der Waals surface area (Å²) in [7, 11) is -2.63. The highest BCUT2D eigenvalue weighted by atomic mass is 28.3. The smallest absolute Gasteiger partial charge is 0.159 e. The van der Waals surface area contributed by atoms with E-state index in [1.165, 1.54) is 53.8 Å². The largest absolute Gasteiger partial charge is 0.454 e. The summed E-state index contributed by atoms with van der Waals surface area (Å²) in [5, 5.41) is 14.9. The first-order chi connectivity index (χ1) is 33.4. The Morgan fingerprint density at radius 3 is 1.23 bits per heavy atom. The first-order valence-electron chi connectivity index (χ1n) is 24.7. The van der Waals surface area contributed by atoms with Gasteiger partial charge in [-0.3, -0.25) is 0 Å². The van der Waals surface area contributed by atoms with Crippen LogP contribution in [0.15, 0.2) is 179 Å². The van der Waals surface area contributed by atoms with E-state index >= 15 is 0 Å². The molecule has 0 unspecified atom stereocenters. The molecule has 12 rings (SSSR count). The first kappa shape index (κ1) is 43.2. The van der Waals surface area contributed by atoms with Crippen molar-refractivity contribution in [2.24, 2.45) is 0 Å². The van der Waals surface area contributed by atoms with Crippen molar-refractivity contribution in [1.82, 2.24) is 0 Å². The van der Waals surface area contributed by atoms with Crippen molar-refractivity contribution in [3.8, 4) is 0 Å². The molecule has 0 aliphatic carbocycles. The number of hydrogen-bond donors (Lipinski definition) is 0. The van der Waals surface area contributed by atoms with E-state index in [1.54, 1.807) is 0 Å². The third-order valence-electron chi connectivity index (χ3n) is 14.7. The van der Waals surface area contributed by atoms with Crippen molar-refractivity contribution in [3.63, 3.8) is 0 Å². The molecule has 6 heteroatoms. The van der Waals surface area contributed by atoms with E-state index in [2.05, 4.69) is 240 Å². The average molecular weight is 931 g/mol. The Hall–Kier alpha value is -7.13. The monoisotopic (exact) mass is 930 g/mol. The number of fused-ring (bicyclic) bond motifs is 6. The van der Waals surface area contributed by atoms with Crippen molar-refractivity contribution in [2.45, 2.75) is 72.3 Å². The lowest BCUT2D eigenvalue weighted by molar-refractivity contribution is 0.668. The quantitative estimate of drug-likeness (QED) is 0.101. The van der Waals surface area contributed by atoms with E-state index < -0.39 is 16.9 Å². The second-order valence-corrected chi connectivity index (χ2v) is 29.1. The molecule has 2 heterocycles. The van der Waals surface area contributed by atoms with Gasteiger partial charge in [-0.05, 0) is 105 Å². The number of rotatable bonds is 10. The van der Waals surface area contributed by atoms with Gasteiger partial charge in [0.15, 0.2) is 11.2 Å².